The van der Waals surface area contributed by atoms with E-state index in [0.717, 1.165) is 19.6 Å². The standard InChI is InChI=1S/C11H23N3O/c1-14(2)9-11(15)13-8-10-5-3-4-6-12-7-10/h10,12H,3-9H2,1-2H3,(H,13,15). The summed E-state index contributed by atoms with van der Waals surface area (Å²) in [5.41, 5.74) is 0. The summed E-state index contributed by atoms with van der Waals surface area (Å²) in [4.78, 5) is 13.3. The van der Waals surface area contributed by atoms with Gasteiger partial charge < -0.3 is 15.5 Å². The molecule has 0 spiro atoms. The van der Waals surface area contributed by atoms with Gasteiger partial charge in [-0.25, -0.2) is 0 Å². The van der Waals surface area contributed by atoms with Gasteiger partial charge in [-0.3, -0.25) is 4.79 Å². The Morgan fingerprint density at radius 3 is 3.00 bits per heavy atom. The van der Waals surface area contributed by atoms with E-state index < -0.39 is 0 Å². The monoisotopic (exact) mass is 213 g/mol. The van der Waals surface area contributed by atoms with Crippen molar-refractivity contribution in [3.63, 3.8) is 0 Å². The lowest BCUT2D eigenvalue weighted by molar-refractivity contribution is -0.121. The Bertz CT molecular complexity index is 186. The predicted octanol–water partition coefficient (Wildman–Crippen LogP) is 0.0539. The zero-order valence-electron chi connectivity index (χ0n) is 9.88. The van der Waals surface area contributed by atoms with Crippen molar-refractivity contribution in [2.45, 2.75) is 19.3 Å². The van der Waals surface area contributed by atoms with E-state index in [9.17, 15) is 4.79 Å². The number of carbonyl (C=O) groups is 1. The van der Waals surface area contributed by atoms with Gasteiger partial charge in [-0.2, -0.15) is 0 Å². The molecule has 0 aliphatic carbocycles. The van der Waals surface area contributed by atoms with Crippen LogP contribution in [0.1, 0.15) is 19.3 Å². The van der Waals surface area contributed by atoms with Crippen LogP contribution < -0.4 is 10.6 Å². The van der Waals surface area contributed by atoms with Gasteiger partial charge in [0.2, 0.25) is 5.91 Å². The Balaban J connectivity index is 2.14. The number of hydrogen-bond acceptors (Lipinski definition) is 3. The van der Waals surface area contributed by atoms with Gasteiger partial charge in [-0.1, -0.05) is 6.42 Å². The molecule has 4 heteroatoms. The molecule has 1 saturated heterocycles. The van der Waals surface area contributed by atoms with Crippen LogP contribution in [0.3, 0.4) is 0 Å². The third-order valence-electron chi connectivity index (χ3n) is 2.70. The quantitative estimate of drug-likeness (QED) is 0.694. The van der Waals surface area contributed by atoms with Crippen molar-refractivity contribution in [1.29, 1.82) is 0 Å². The predicted molar refractivity (Wildman–Crippen MR) is 61.8 cm³/mol. The van der Waals surface area contributed by atoms with Gasteiger partial charge in [0, 0.05) is 6.54 Å². The Morgan fingerprint density at radius 1 is 1.47 bits per heavy atom. The van der Waals surface area contributed by atoms with Crippen molar-refractivity contribution in [1.82, 2.24) is 15.5 Å². The van der Waals surface area contributed by atoms with Gasteiger partial charge in [-0.15, -0.1) is 0 Å². The first kappa shape index (κ1) is 12.5. The summed E-state index contributed by atoms with van der Waals surface area (Å²) in [5, 5.41) is 6.39. The van der Waals surface area contributed by atoms with E-state index in [2.05, 4.69) is 10.6 Å². The van der Waals surface area contributed by atoms with Crippen LogP contribution in [0, 0.1) is 5.92 Å². The van der Waals surface area contributed by atoms with Crippen molar-refractivity contribution in [3.05, 3.63) is 0 Å². The fourth-order valence-electron chi connectivity index (χ4n) is 1.87. The summed E-state index contributed by atoms with van der Waals surface area (Å²) < 4.78 is 0. The van der Waals surface area contributed by atoms with Crippen molar-refractivity contribution in [2.24, 2.45) is 5.92 Å². The molecule has 1 unspecified atom stereocenters. The second kappa shape index (κ2) is 6.80. The van der Waals surface area contributed by atoms with Crippen molar-refractivity contribution in [3.8, 4) is 0 Å². The largest absolute Gasteiger partial charge is 0.355 e. The first-order chi connectivity index (χ1) is 7.18. The Kier molecular flexibility index (Phi) is 5.65. The maximum Gasteiger partial charge on any atom is 0.234 e. The molecule has 2 N–H and O–H groups in total. The van der Waals surface area contributed by atoms with Crippen LogP contribution >= 0.6 is 0 Å². The molecular weight excluding hydrogens is 190 g/mol. The maximum absolute atomic E-state index is 11.4. The molecule has 1 fully saturated rings. The first-order valence-electron chi connectivity index (χ1n) is 5.80. The molecule has 15 heavy (non-hydrogen) atoms. The van der Waals surface area contributed by atoms with Crippen molar-refractivity contribution >= 4 is 5.91 Å². The third-order valence-corrected chi connectivity index (χ3v) is 2.70. The summed E-state index contributed by atoms with van der Waals surface area (Å²) in [6, 6.07) is 0. The van der Waals surface area contributed by atoms with E-state index in [-0.39, 0.29) is 5.91 Å². The maximum atomic E-state index is 11.4. The zero-order valence-corrected chi connectivity index (χ0v) is 9.88. The molecule has 1 amide bonds. The summed E-state index contributed by atoms with van der Waals surface area (Å²) in [6.45, 7) is 3.48. The van der Waals surface area contributed by atoms with E-state index >= 15 is 0 Å². The highest BCUT2D eigenvalue weighted by atomic mass is 16.1. The summed E-state index contributed by atoms with van der Waals surface area (Å²) >= 11 is 0. The molecule has 1 aliphatic heterocycles. The molecule has 0 aromatic heterocycles. The molecule has 0 saturated carbocycles. The molecule has 88 valence electrons. The average Bonchev–Trinajstić information content (AvgIpc) is 2.41. The second-order valence-electron chi connectivity index (χ2n) is 4.61. The van der Waals surface area contributed by atoms with Crippen LogP contribution in [0.2, 0.25) is 0 Å². The number of amides is 1. The average molecular weight is 213 g/mol. The van der Waals surface area contributed by atoms with E-state index in [1.807, 2.05) is 19.0 Å². The summed E-state index contributed by atoms with van der Waals surface area (Å²) in [6.07, 6.45) is 3.78. The zero-order chi connectivity index (χ0) is 11.1. The second-order valence-corrected chi connectivity index (χ2v) is 4.61. The molecule has 0 radical (unpaired) electrons. The lowest BCUT2D eigenvalue weighted by Crippen LogP contribution is -2.38. The highest BCUT2D eigenvalue weighted by Crippen LogP contribution is 2.09. The normalized spacial score (nSPS) is 22.5. The Hall–Kier alpha value is -0.610. The molecule has 0 aromatic rings. The minimum absolute atomic E-state index is 0.129. The molecule has 0 bridgehead atoms. The van der Waals surface area contributed by atoms with Crippen LogP contribution in [0.15, 0.2) is 0 Å². The van der Waals surface area contributed by atoms with Gasteiger partial charge >= 0.3 is 0 Å². The highest BCUT2D eigenvalue weighted by molar-refractivity contribution is 5.77. The van der Waals surface area contributed by atoms with Crippen molar-refractivity contribution < 1.29 is 4.79 Å². The van der Waals surface area contributed by atoms with Crippen LogP contribution in [0.5, 0.6) is 0 Å². The number of hydrogen-bond donors (Lipinski definition) is 2. The molecule has 1 rings (SSSR count). The van der Waals surface area contributed by atoms with Gasteiger partial charge in [0.1, 0.15) is 0 Å². The van der Waals surface area contributed by atoms with E-state index in [1.54, 1.807) is 0 Å². The molecular formula is C11H23N3O. The minimum Gasteiger partial charge on any atom is -0.355 e. The van der Waals surface area contributed by atoms with Crippen LogP contribution in [0.25, 0.3) is 0 Å². The van der Waals surface area contributed by atoms with Gasteiger partial charge in [-0.05, 0) is 45.9 Å². The van der Waals surface area contributed by atoms with Crippen molar-refractivity contribution in [2.75, 3.05) is 40.3 Å². The Morgan fingerprint density at radius 2 is 2.27 bits per heavy atom. The number of likely N-dealkylation sites (N-methyl/N-ethyl adjacent to an activating group) is 1. The van der Waals surface area contributed by atoms with Gasteiger partial charge in [0.15, 0.2) is 0 Å². The molecule has 1 atom stereocenters. The lowest BCUT2D eigenvalue weighted by Gasteiger charge is -2.16. The highest BCUT2D eigenvalue weighted by Gasteiger charge is 2.12. The van der Waals surface area contributed by atoms with Crippen LogP contribution in [0.4, 0.5) is 0 Å². The summed E-state index contributed by atoms with van der Waals surface area (Å²) in [5.74, 6) is 0.739. The fraction of sp³-hybridized carbons (Fsp3) is 0.909. The number of nitrogens with zero attached hydrogens (tertiary/aromatic N) is 1. The van der Waals surface area contributed by atoms with E-state index in [4.69, 9.17) is 0 Å². The Labute approximate surface area is 92.4 Å². The minimum atomic E-state index is 0.129. The van der Waals surface area contributed by atoms with Crippen LogP contribution in [-0.2, 0) is 4.79 Å². The number of rotatable bonds is 4. The molecule has 0 aromatic carbocycles. The molecule has 1 heterocycles. The summed E-state index contributed by atoms with van der Waals surface area (Å²) in [7, 11) is 3.82. The van der Waals surface area contributed by atoms with Gasteiger partial charge in [0.25, 0.3) is 0 Å². The number of carbonyl (C=O) groups excluding carboxylic acids is 1. The topological polar surface area (TPSA) is 44.4 Å². The molecule has 1 aliphatic rings. The van der Waals surface area contributed by atoms with Gasteiger partial charge in [0.05, 0.1) is 6.54 Å². The number of nitrogens with one attached hydrogen (secondary N) is 2. The third kappa shape index (κ3) is 5.74. The van der Waals surface area contributed by atoms with E-state index in [0.29, 0.717) is 12.5 Å². The SMILES string of the molecule is CN(C)CC(=O)NCC1CCCCNC1. The van der Waals surface area contributed by atoms with Crippen LogP contribution in [-0.4, -0.2) is 51.1 Å². The smallest absolute Gasteiger partial charge is 0.234 e. The first-order valence-corrected chi connectivity index (χ1v) is 5.80. The lowest BCUT2D eigenvalue weighted by atomic mass is 10.0. The van der Waals surface area contributed by atoms with E-state index in [1.165, 1.54) is 19.3 Å². The fourth-order valence-corrected chi connectivity index (χ4v) is 1.87. The molecule has 4 nitrogen and oxygen atoms in total.